The molecule has 0 aliphatic rings. The quantitative estimate of drug-likeness (QED) is 0.850. The number of benzene rings is 2. The first-order valence-corrected chi connectivity index (χ1v) is 7.24. The minimum atomic E-state index is -0.631. The summed E-state index contributed by atoms with van der Waals surface area (Å²) in [6.07, 6.45) is 0. The van der Waals surface area contributed by atoms with Crippen molar-refractivity contribution in [2.45, 2.75) is 6.54 Å². The summed E-state index contributed by atoms with van der Waals surface area (Å²) in [4.78, 5) is 23.4. The zero-order chi connectivity index (χ0) is 15.9. The second-order valence-electron chi connectivity index (χ2n) is 4.47. The van der Waals surface area contributed by atoms with Gasteiger partial charge >= 0.3 is 5.97 Å². The predicted octanol–water partition coefficient (Wildman–Crippen LogP) is 3.47. The number of esters is 1. The minimum Gasteiger partial charge on any atom is -0.452 e. The fraction of sp³-hybridized carbons (Fsp3) is 0.125. The molecule has 0 unspecified atom stereocenters. The summed E-state index contributed by atoms with van der Waals surface area (Å²) in [7, 11) is 0. The standard InChI is InChI=1S/C16H13Cl2NO3/c17-13-7-6-12(8-14(13)18)16(21)22-10-15(20)19-9-11-4-2-1-3-5-11/h1-8H,9-10H2,(H,19,20). The lowest BCUT2D eigenvalue weighted by atomic mass is 10.2. The molecule has 1 amide bonds. The number of hydrogen-bond acceptors (Lipinski definition) is 3. The molecule has 0 heterocycles. The maximum atomic E-state index is 11.8. The number of ether oxygens (including phenoxy) is 1. The van der Waals surface area contributed by atoms with E-state index in [4.69, 9.17) is 27.9 Å². The van der Waals surface area contributed by atoms with Gasteiger partial charge in [0, 0.05) is 6.54 Å². The third kappa shape index (κ3) is 4.76. The number of amides is 1. The minimum absolute atomic E-state index is 0.241. The van der Waals surface area contributed by atoms with Gasteiger partial charge in [0.1, 0.15) is 0 Å². The number of carbonyl (C=O) groups is 2. The number of hydrogen-bond donors (Lipinski definition) is 1. The van der Waals surface area contributed by atoms with Crippen LogP contribution in [0.2, 0.25) is 10.0 Å². The molecule has 0 bridgehead atoms. The monoisotopic (exact) mass is 337 g/mol. The number of rotatable bonds is 5. The van der Waals surface area contributed by atoms with Crippen LogP contribution in [0.25, 0.3) is 0 Å². The first-order chi connectivity index (χ1) is 10.6. The third-order valence-corrected chi connectivity index (χ3v) is 3.56. The second-order valence-corrected chi connectivity index (χ2v) is 5.28. The predicted molar refractivity (Wildman–Crippen MR) is 85.0 cm³/mol. The summed E-state index contributed by atoms with van der Waals surface area (Å²) in [5, 5.41) is 3.26. The van der Waals surface area contributed by atoms with Crippen molar-refractivity contribution < 1.29 is 14.3 Å². The molecule has 0 saturated heterocycles. The van der Waals surface area contributed by atoms with Gasteiger partial charge in [-0.05, 0) is 23.8 Å². The molecule has 0 radical (unpaired) electrons. The Morgan fingerprint density at radius 3 is 2.41 bits per heavy atom. The van der Waals surface area contributed by atoms with E-state index in [0.29, 0.717) is 11.6 Å². The van der Waals surface area contributed by atoms with E-state index in [0.717, 1.165) is 5.56 Å². The Hall–Kier alpha value is -2.04. The van der Waals surface area contributed by atoms with Gasteiger partial charge in [0.05, 0.1) is 15.6 Å². The maximum absolute atomic E-state index is 11.8. The van der Waals surface area contributed by atoms with Crippen LogP contribution >= 0.6 is 23.2 Å². The molecule has 0 atom stereocenters. The van der Waals surface area contributed by atoms with Crippen LogP contribution in [0.1, 0.15) is 15.9 Å². The van der Waals surface area contributed by atoms with E-state index in [1.807, 2.05) is 30.3 Å². The van der Waals surface area contributed by atoms with Crippen molar-refractivity contribution in [2.24, 2.45) is 0 Å². The Bertz CT molecular complexity index is 674. The van der Waals surface area contributed by atoms with Gasteiger partial charge in [-0.1, -0.05) is 53.5 Å². The Kier molecular flexibility index (Phi) is 5.81. The van der Waals surface area contributed by atoms with E-state index in [2.05, 4.69) is 5.32 Å². The molecule has 2 rings (SSSR count). The van der Waals surface area contributed by atoms with Crippen LogP contribution in [-0.4, -0.2) is 18.5 Å². The first-order valence-electron chi connectivity index (χ1n) is 6.49. The Balaban J connectivity index is 1.80. The molecule has 22 heavy (non-hydrogen) atoms. The van der Waals surface area contributed by atoms with E-state index in [1.54, 1.807) is 0 Å². The Morgan fingerprint density at radius 1 is 1.00 bits per heavy atom. The van der Waals surface area contributed by atoms with Crippen LogP contribution in [0.4, 0.5) is 0 Å². The van der Waals surface area contributed by atoms with Crippen LogP contribution in [0.3, 0.4) is 0 Å². The molecule has 114 valence electrons. The number of halogens is 2. The highest BCUT2D eigenvalue weighted by Gasteiger charge is 2.11. The van der Waals surface area contributed by atoms with Crippen LogP contribution in [0, 0.1) is 0 Å². The average Bonchev–Trinajstić information content (AvgIpc) is 2.54. The Labute approximate surface area is 138 Å². The zero-order valence-electron chi connectivity index (χ0n) is 11.5. The van der Waals surface area contributed by atoms with E-state index >= 15 is 0 Å². The van der Waals surface area contributed by atoms with E-state index in [9.17, 15) is 9.59 Å². The smallest absolute Gasteiger partial charge is 0.338 e. The van der Waals surface area contributed by atoms with Gasteiger partial charge in [-0.2, -0.15) is 0 Å². The van der Waals surface area contributed by atoms with Crippen molar-refractivity contribution in [1.82, 2.24) is 5.32 Å². The van der Waals surface area contributed by atoms with Gasteiger partial charge in [0.25, 0.3) is 5.91 Å². The van der Waals surface area contributed by atoms with Crippen molar-refractivity contribution in [1.29, 1.82) is 0 Å². The summed E-state index contributed by atoms with van der Waals surface area (Å²) < 4.78 is 4.92. The topological polar surface area (TPSA) is 55.4 Å². The van der Waals surface area contributed by atoms with E-state index < -0.39 is 5.97 Å². The molecule has 0 aromatic heterocycles. The van der Waals surface area contributed by atoms with Gasteiger partial charge in [0.15, 0.2) is 6.61 Å². The second kappa shape index (κ2) is 7.82. The molecule has 0 aliphatic carbocycles. The van der Waals surface area contributed by atoms with Crippen molar-refractivity contribution in [3.8, 4) is 0 Å². The summed E-state index contributed by atoms with van der Waals surface area (Å²) in [5.41, 5.74) is 1.21. The summed E-state index contributed by atoms with van der Waals surface area (Å²) in [5.74, 6) is -1.01. The molecule has 2 aromatic carbocycles. The van der Waals surface area contributed by atoms with Crippen LogP contribution < -0.4 is 5.32 Å². The number of carbonyl (C=O) groups excluding carboxylic acids is 2. The summed E-state index contributed by atoms with van der Waals surface area (Å²) >= 11 is 11.6. The molecule has 1 N–H and O–H groups in total. The molecular formula is C16H13Cl2NO3. The van der Waals surface area contributed by atoms with Crippen molar-refractivity contribution in [3.05, 3.63) is 69.7 Å². The zero-order valence-corrected chi connectivity index (χ0v) is 13.0. The van der Waals surface area contributed by atoms with Gasteiger partial charge in [-0.3, -0.25) is 4.79 Å². The van der Waals surface area contributed by atoms with E-state index in [-0.39, 0.29) is 23.1 Å². The molecule has 2 aromatic rings. The normalized spacial score (nSPS) is 10.1. The Morgan fingerprint density at radius 2 is 1.73 bits per heavy atom. The van der Waals surface area contributed by atoms with Crippen LogP contribution in [0.15, 0.2) is 48.5 Å². The fourth-order valence-electron chi connectivity index (χ4n) is 1.69. The van der Waals surface area contributed by atoms with Crippen molar-refractivity contribution in [3.63, 3.8) is 0 Å². The van der Waals surface area contributed by atoms with Gasteiger partial charge < -0.3 is 10.1 Å². The molecule has 0 spiro atoms. The summed E-state index contributed by atoms with van der Waals surface area (Å²) in [6, 6.07) is 13.8. The summed E-state index contributed by atoms with van der Waals surface area (Å²) in [6.45, 7) is 0.0237. The van der Waals surface area contributed by atoms with Crippen LogP contribution in [-0.2, 0) is 16.1 Å². The number of nitrogens with one attached hydrogen (secondary N) is 1. The molecule has 6 heteroatoms. The molecule has 0 saturated carbocycles. The fourth-order valence-corrected chi connectivity index (χ4v) is 1.98. The lowest BCUT2D eigenvalue weighted by Gasteiger charge is -2.07. The molecule has 0 aliphatic heterocycles. The molecular weight excluding hydrogens is 325 g/mol. The van der Waals surface area contributed by atoms with Gasteiger partial charge in [-0.15, -0.1) is 0 Å². The highest BCUT2D eigenvalue weighted by atomic mass is 35.5. The maximum Gasteiger partial charge on any atom is 0.338 e. The molecule has 4 nitrogen and oxygen atoms in total. The third-order valence-electron chi connectivity index (χ3n) is 2.82. The van der Waals surface area contributed by atoms with E-state index in [1.165, 1.54) is 18.2 Å². The van der Waals surface area contributed by atoms with Crippen molar-refractivity contribution >= 4 is 35.1 Å². The lowest BCUT2D eigenvalue weighted by molar-refractivity contribution is -0.124. The van der Waals surface area contributed by atoms with Crippen molar-refractivity contribution in [2.75, 3.05) is 6.61 Å². The highest BCUT2D eigenvalue weighted by Crippen LogP contribution is 2.22. The van der Waals surface area contributed by atoms with Crippen LogP contribution in [0.5, 0.6) is 0 Å². The SMILES string of the molecule is O=C(COC(=O)c1ccc(Cl)c(Cl)c1)NCc1ccccc1. The largest absolute Gasteiger partial charge is 0.452 e. The lowest BCUT2D eigenvalue weighted by Crippen LogP contribution is -2.28. The highest BCUT2D eigenvalue weighted by molar-refractivity contribution is 6.42. The van der Waals surface area contributed by atoms with Gasteiger partial charge in [0.2, 0.25) is 0 Å². The first kappa shape index (κ1) is 16.3. The van der Waals surface area contributed by atoms with Gasteiger partial charge in [-0.25, -0.2) is 4.79 Å². The average molecular weight is 338 g/mol. The molecule has 0 fully saturated rings.